The Hall–Kier alpha value is -2.45. The summed E-state index contributed by atoms with van der Waals surface area (Å²) in [6.07, 6.45) is 3.61. The Bertz CT molecular complexity index is 1100. The molecule has 33 heavy (non-hydrogen) atoms. The van der Waals surface area contributed by atoms with Gasteiger partial charge in [-0.25, -0.2) is 9.97 Å². The Morgan fingerprint density at radius 1 is 1.12 bits per heavy atom. The summed E-state index contributed by atoms with van der Waals surface area (Å²) in [5.41, 5.74) is 5.31. The van der Waals surface area contributed by atoms with Crippen molar-refractivity contribution in [2.45, 2.75) is 38.4 Å². The largest absolute Gasteiger partial charge is 0.394 e. The molecule has 0 saturated heterocycles. The molecule has 1 aromatic heterocycles. The second-order valence-electron chi connectivity index (χ2n) is 8.62. The first-order chi connectivity index (χ1) is 16.0. The van der Waals surface area contributed by atoms with Crippen molar-refractivity contribution >= 4 is 21.7 Å². The highest BCUT2D eigenvalue weighted by atomic mass is 79.9. The number of rotatable bonds is 1. The van der Waals surface area contributed by atoms with Crippen molar-refractivity contribution < 1.29 is 9.90 Å². The highest BCUT2D eigenvalue weighted by molar-refractivity contribution is 9.10. The van der Waals surface area contributed by atoms with Crippen molar-refractivity contribution in [2.75, 3.05) is 20.2 Å². The molecule has 1 atom stereocenters. The van der Waals surface area contributed by atoms with Crippen LogP contribution in [-0.4, -0.2) is 52.0 Å². The molecular weight excluding hydrogens is 480 g/mol. The van der Waals surface area contributed by atoms with Crippen LogP contribution in [0.15, 0.2) is 59.2 Å². The molecule has 3 aromatic rings. The number of ketones is 1. The van der Waals surface area contributed by atoms with Gasteiger partial charge in [0, 0.05) is 42.2 Å². The van der Waals surface area contributed by atoms with Gasteiger partial charge in [0.2, 0.25) is 0 Å². The van der Waals surface area contributed by atoms with E-state index in [1.807, 2.05) is 18.3 Å². The fraction of sp³-hybridized carbons (Fsp3) is 0.346. The van der Waals surface area contributed by atoms with Crippen LogP contribution < -0.4 is 5.32 Å². The molecule has 6 nitrogen and oxygen atoms in total. The predicted molar refractivity (Wildman–Crippen MR) is 133 cm³/mol. The molecule has 2 aliphatic heterocycles. The molecule has 5 rings (SSSR count). The summed E-state index contributed by atoms with van der Waals surface area (Å²) >= 11 is 3.59. The van der Waals surface area contributed by atoms with Crippen molar-refractivity contribution in [3.05, 3.63) is 81.7 Å². The maximum atomic E-state index is 12.6. The van der Waals surface area contributed by atoms with Crippen LogP contribution in [-0.2, 0) is 24.3 Å². The number of Topliss-reactive ketones (excluding diaryl/α,β-unsaturated/α-hetero) is 1. The minimum Gasteiger partial charge on any atom is -0.394 e. The molecule has 2 aromatic carbocycles. The number of aromatic nitrogens is 2. The molecule has 2 N–H and O–H groups in total. The first-order valence-electron chi connectivity index (χ1n) is 11.3. The summed E-state index contributed by atoms with van der Waals surface area (Å²) in [6, 6.07) is 16.0. The third kappa shape index (κ3) is 6.54. The van der Waals surface area contributed by atoms with Gasteiger partial charge in [0.15, 0.2) is 5.78 Å². The molecule has 0 radical (unpaired) electrons. The number of aliphatic hydroxyl groups is 1. The van der Waals surface area contributed by atoms with Crippen LogP contribution in [0.4, 0.5) is 0 Å². The van der Waals surface area contributed by atoms with E-state index in [-0.39, 0.29) is 12.4 Å². The van der Waals surface area contributed by atoms with Gasteiger partial charge in [-0.1, -0.05) is 46.3 Å². The summed E-state index contributed by atoms with van der Waals surface area (Å²) in [4.78, 5) is 24.1. The zero-order valence-corrected chi connectivity index (χ0v) is 20.4. The average molecular weight is 509 g/mol. The molecule has 0 fully saturated rings. The fourth-order valence-corrected chi connectivity index (χ4v) is 4.73. The SMILES string of the molecule is CN1CCCC(=O)[C@H](CO)NCc2cc(Br)cc(c2)Cc2nccc(n2)-c2ccc(cc2)C1. The van der Waals surface area contributed by atoms with Crippen LogP contribution in [0.1, 0.15) is 35.4 Å². The molecule has 0 saturated carbocycles. The van der Waals surface area contributed by atoms with Gasteiger partial charge in [0.05, 0.1) is 18.3 Å². The Balaban J connectivity index is 1.64. The number of halogens is 1. The highest BCUT2D eigenvalue weighted by Gasteiger charge is 2.17. The zero-order valence-electron chi connectivity index (χ0n) is 18.8. The lowest BCUT2D eigenvalue weighted by molar-refractivity contribution is -0.122. The second-order valence-corrected chi connectivity index (χ2v) is 9.54. The van der Waals surface area contributed by atoms with Gasteiger partial charge in [-0.05, 0) is 54.9 Å². The number of nitrogens with zero attached hydrogens (tertiary/aromatic N) is 3. The van der Waals surface area contributed by atoms with Gasteiger partial charge < -0.3 is 15.3 Å². The predicted octanol–water partition coefficient (Wildman–Crippen LogP) is 3.74. The monoisotopic (exact) mass is 508 g/mol. The van der Waals surface area contributed by atoms with Crippen LogP contribution in [0.2, 0.25) is 0 Å². The molecule has 6 bridgehead atoms. The lowest BCUT2D eigenvalue weighted by Crippen LogP contribution is -2.39. The number of nitrogens with one attached hydrogen (secondary N) is 1. The van der Waals surface area contributed by atoms with E-state index in [1.165, 1.54) is 5.56 Å². The number of hydrogen-bond acceptors (Lipinski definition) is 6. The molecule has 3 heterocycles. The van der Waals surface area contributed by atoms with Crippen molar-refractivity contribution in [2.24, 2.45) is 0 Å². The van der Waals surface area contributed by atoms with Gasteiger partial charge in [-0.15, -0.1) is 0 Å². The van der Waals surface area contributed by atoms with Crippen molar-refractivity contribution in [3.63, 3.8) is 0 Å². The van der Waals surface area contributed by atoms with E-state index in [0.29, 0.717) is 19.4 Å². The van der Waals surface area contributed by atoms with Crippen LogP contribution in [0, 0.1) is 0 Å². The van der Waals surface area contributed by atoms with E-state index in [9.17, 15) is 9.90 Å². The first-order valence-corrected chi connectivity index (χ1v) is 12.0. The van der Waals surface area contributed by atoms with Gasteiger partial charge in [0.1, 0.15) is 5.82 Å². The van der Waals surface area contributed by atoms with E-state index in [2.05, 4.69) is 74.6 Å². The van der Waals surface area contributed by atoms with Crippen LogP contribution >= 0.6 is 15.9 Å². The molecule has 0 unspecified atom stereocenters. The lowest BCUT2D eigenvalue weighted by atomic mass is 10.0. The van der Waals surface area contributed by atoms with E-state index in [0.717, 1.165) is 52.2 Å². The smallest absolute Gasteiger partial charge is 0.152 e. The van der Waals surface area contributed by atoms with Crippen LogP contribution in [0.25, 0.3) is 11.3 Å². The van der Waals surface area contributed by atoms with Crippen LogP contribution in [0.5, 0.6) is 0 Å². The van der Waals surface area contributed by atoms with Crippen LogP contribution in [0.3, 0.4) is 0 Å². The maximum absolute atomic E-state index is 12.6. The van der Waals surface area contributed by atoms with Crippen molar-refractivity contribution in [1.82, 2.24) is 20.2 Å². The van der Waals surface area contributed by atoms with E-state index < -0.39 is 6.04 Å². The summed E-state index contributed by atoms with van der Waals surface area (Å²) in [7, 11) is 2.06. The summed E-state index contributed by atoms with van der Waals surface area (Å²) in [5.74, 6) is 0.802. The Morgan fingerprint density at radius 2 is 1.91 bits per heavy atom. The Morgan fingerprint density at radius 3 is 2.70 bits per heavy atom. The molecule has 172 valence electrons. The third-order valence-electron chi connectivity index (χ3n) is 5.87. The average Bonchev–Trinajstić information content (AvgIpc) is 2.79. The number of benzene rings is 2. The van der Waals surface area contributed by atoms with E-state index in [1.54, 1.807) is 0 Å². The first kappa shape index (κ1) is 23.7. The molecular formula is C26H29BrN4O2. The van der Waals surface area contributed by atoms with Gasteiger partial charge in [-0.2, -0.15) is 0 Å². The normalized spacial score (nSPS) is 18.3. The Labute approximate surface area is 203 Å². The molecule has 0 amide bonds. The minimum atomic E-state index is -0.559. The number of carbonyl (C=O) groups excluding carboxylic acids is 1. The molecule has 0 spiro atoms. The lowest BCUT2D eigenvalue weighted by Gasteiger charge is -2.19. The van der Waals surface area contributed by atoms with Crippen molar-refractivity contribution in [1.29, 1.82) is 0 Å². The second kappa shape index (κ2) is 11.1. The fourth-order valence-electron chi connectivity index (χ4n) is 4.14. The summed E-state index contributed by atoms with van der Waals surface area (Å²) in [6.45, 7) is 1.92. The third-order valence-corrected chi connectivity index (χ3v) is 6.33. The van der Waals surface area contributed by atoms with Crippen molar-refractivity contribution in [3.8, 4) is 11.3 Å². The summed E-state index contributed by atoms with van der Waals surface area (Å²) in [5, 5.41) is 13.0. The number of hydrogen-bond donors (Lipinski definition) is 2. The minimum absolute atomic E-state index is 0.0464. The van der Waals surface area contributed by atoms with Gasteiger partial charge >= 0.3 is 0 Å². The van der Waals surface area contributed by atoms with E-state index >= 15 is 0 Å². The highest BCUT2D eigenvalue weighted by Crippen LogP contribution is 2.21. The molecule has 0 aliphatic carbocycles. The summed E-state index contributed by atoms with van der Waals surface area (Å²) < 4.78 is 0.959. The number of aliphatic hydroxyl groups excluding tert-OH is 1. The van der Waals surface area contributed by atoms with Gasteiger partial charge in [0.25, 0.3) is 0 Å². The zero-order chi connectivity index (χ0) is 23.2. The number of carbonyl (C=O) groups is 1. The van der Waals surface area contributed by atoms with E-state index in [4.69, 9.17) is 4.98 Å². The van der Waals surface area contributed by atoms with Gasteiger partial charge in [-0.3, -0.25) is 4.79 Å². The standard InChI is InChI=1S/C26H29BrN4O2/c1-31-10-2-3-25(33)24(17-32)29-15-20-11-19(12-22(27)13-20)14-26-28-9-8-23(30-26)21-6-4-18(16-31)5-7-21/h4-9,11-13,24,29,32H,2-3,10,14-17H2,1H3/t24-/m0/s1. The maximum Gasteiger partial charge on any atom is 0.152 e. The topological polar surface area (TPSA) is 78.4 Å². The number of fused-ring (bicyclic) bond motifs is 10. The molecule has 2 aliphatic rings. The molecule has 7 heteroatoms. The quantitative estimate of drug-likeness (QED) is 0.521. The Kier molecular flexibility index (Phi) is 7.98.